The van der Waals surface area contributed by atoms with E-state index in [1.165, 1.54) is 0 Å². The van der Waals surface area contributed by atoms with Crippen LogP contribution >= 0.6 is 0 Å². The molecule has 0 radical (unpaired) electrons. The first-order valence-electron chi connectivity index (χ1n) is 10.5. The Hall–Kier alpha value is -3.46. The first-order valence-corrected chi connectivity index (χ1v) is 10.5. The maximum absolute atomic E-state index is 13.1. The lowest BCUT2D eigenvalue weighted by atomic mass is 10.1. The van der Waals surface area contributed by atoms with E-state index in [0.717, 1.165) is 11.4 Å². The third-order valence-electron chi connectivity index (χ3n) is 5.77. The molecule has 0 saturated carbocycles. The largest absolute Gasteiger partial charge is 0.389 e. The van der Waals surface area contributed by atoms with Crippen LogP contribution in [0.2, 0.25) is 0 Å². The summed E-state index contributed by atoms with van der Waals surface area (Å²) in [6.45, 7) is 6.59. The van der Waals surface area contributed by atoms with Crippen molar-refractivity contribution in [1.29, 1.82) is 0 Å². The Morgan fingerprint density at radius 1 is 1.00 bits per heavy atom. The van der Waals surface area contributed by atoms with Gasteiger partial charge in [-0.2, -0.15) is 0 Å². The molecule has 0 unspecified atom stereocenters. The number of carbonyl (C=O) groups is 1. The van der Waals surface area contributed by atoms with Crippen LogP contribution in [-0.4, -0.2) is 63.2 Å². The highest BCUT2D eigenvalue weighted by Gasteiger charge is 2.32. The fourth-order valence-electron chi connectivity index (χ4n) is 4.00. The normalized spacial score (nSPS) is 17.0. The summed E-state index contributed by atoms with van der Waals surface area (Å²) < 4.78 is 1.96. The van der Waals surface area contributed by atoms with Crippen LogP contribution in [-0.2, 0) is 0 Å². The van der Waals surface area contributed by atoms with Crippen LogP contribution in [0.25, 0.3) is 11.5 Å². The topological polar surface area (TPSA) is 90.6 Å². The minimum atomic E-state index is -0.244. The molecule has 2 aliphatic heterocycles. The van der Waals surface area contributed by atoms with E-state index >= 15 is 0 Å². The van der Waals surface area contributed by atoms with Crippen LogP contribution in [0.4, 0.5) is 22.0 Å². The van der Waals surface area contributed by atoms with Crippen molar-refractivity contribution in [2.45, 2.75) is 26.0 Å². The number of rotatable bonds is 5. The van der Waals surface area contributed by atoms with Crippen LogP contribution in [0.1, 0.15) is 19.9 Å². The first-order chi connectivity index (χ1) is 15.0. The molecule has 2 saturated heterocycles. The Morgan fingerprint density at radius 2 is 1.71 bits per heavy atom. The van der Waals surface area contributed by atoms with Crippen LogP contribution in [0.5, 0.6) is 0 Å². The van der Waals surface area contributed by atoms with E-state index in [0.29, 0.717) is 43.5 Å². The number of benzene rings is 1. The van der Waals surface area contributed by atoms with Gasteiger partial charge in [0.1, 0.15) is 17.8 Å². The zero-order chi connectivity index (χ0) is 21.5. The maximum atomic E-state index is 13.1. The quantitative estimate of drug-likeness (QED) is 0.684. The summed E-state index contributed by atoms with van der Waals surface area (Å²) in [5.74, 6) is 1.29. The molecule has 2 aliphatic rings. The van der Waals surface area contributed by atoms with Gasteiger partial charge < -0.3 is 14.6 Å². The number of nitrogens with zero attached hydrogens (tertiary/aromatic N) is 7. The van der Waals surface area contributed by atoms with Crippen molar-refractivity contribution in [2.75, 3.05) is 40.9 Å². The first kappa shape index (κ1) is 19.5. The van der Waals surface area contributed by atoms with Crippen LogP contribution in [0.3, 0.4) is 0 Å². The number of amides is 2. The number of aliphatic hydroxyl groups is 1. The molecule has 160 valence electrons. The highest BCUT2D eigenvalue weighted by atomic mass is 16.3. The Labute approximate surface area is 180 Å². The van der Waals surface area contributed by atoms with Gasteiger partial charge in [0.05, 0.1) is 6.10 Å². The minimum absolute atomic E-state index is 0.0953. The molecule has 0 atom stereocenters. The van der Waals surface area contributed by atoms with Gasteiger partial charge in [-0.25, -0.2) is 9.78 Å². The molecule has 9 heteroatoms. The summed E-state index contributed by atoms with van der Waals surface area (Å²) in [5, 5.41) is 17.7. The Morgan fingerprint density at radius 3 is 2.42 bits per heavy atom. The maximum Gasteiger partial charge on any atom is 0.330 e. The highest BCUT2D eigenvalue weighted by molar-refractivity contribution is 6.05. The summed E-state index contributed by atoms with van der Waals surface area (Å²) in [7, 11) is 0. The van der Waals surface area contributed by atoms with Crippen molar-refractivity contribution in [3.8, 4) is 11.5 Å². The van der Waals surface area contributed by atoms with Crippen molar-refractivity contribution in [2.24, 2.45) is 0 Å². The number of pyridine rings is 1. The molecule has 2 amide bonds. The van der Waals surface area contributed by atoms with E-state index in [1.54, 1.807) is 16.1 Å². The van der Waals surface area contributed by atoms with Gasteiger partial charge in [0.15, 0.2) is 5.82 Å². The van der Waals surface area contributed by atoms with Gasteiger partial charge in [0.25, 0.3) is 0 Å². The van der Waals surface area contributed by atoms with E-state index in [1.807, 2.05) is 47.0 Å². The second kappa shape index (κ2) is 7.66. The fraction of sp³-hybridized carbons (Fsp3) is 0.364. The van der Waals surface area contributed by atoms with Gasteiger partial charge in [0.2, 0.25) is 0 Å². The van der Waals surface area contributed by atoms with Crippen molar-refractivity contribution < 1.29 is 9.90 Å². The minimum Gasteiger partial charge on any atom is -0.389 e. The number of aromatic nitrogens is 4. The van der Waals surface area contributed by atoms with E-state index in [4.69, 9.17) is 4.98 Å². The van der Waals surface area contributed by atoms with Crippen molar-refractivity contribution >= 4 is 23.2 Å². The lowest BCUT2D eigenvalue weighted by Crippen LogP contribution is -2.50. The van der Waals surface area contributed by atoms with Gasteiger partial charge in [-0.15, -0.1) is 10.2 Å². The summed E-state index contributed by atoms with van der Waals surface area (Å²) >= 11 is 0. The number of urea groups is 1. The molecule has 1 N–H and O–H groups in total. The molecule has 4 heterocycles. The SMILES string of the molecule is CC(C)n1cnnc1-c1cccc(N2CCN(c3ccc(N4CC(O)C4)cc3)C2=O)n1. The Balaban J connectivity index is 1.35. The average molecular weight is 419 g/mol. The number of anilines is 3. The molecular formula is C22H25N7O2. The van der Waals surface area contributed by atoms with Crippen LogP contribution < -0.4 is 14.7 Å². The van der Waals surface area contributed by atoms with Gasteiger partial charge in [-0.1, -0.05) is 6.07 Å². The monoisotopic (exact) mass is 419 g/mol. The highest BCUT2D eigenvalue weighted by Crippen LogP contribution is 2.29. The molecule has 9 nitrogen and oxygen atoms in total. The third kappa shape index (κ3) is 3.50. The zero-order valence-electron chi connectivity index (χ0n) is 17.6. The second-order valence-corrected chi connectivity index (χ2v) is 8.20. The van der Waals surface area contributed by atoms with E-state index in [9.17, 15) is 9.90 Å². The molecular weight excluding hydrogens is 394 g/mol. The predicted molar refractivity (Wildman–Crippen MR) is 118 cm³/mol. The molecule has 0 bridgehead atoms. The van der Waals surface area contributed by atoms with Gasteiger partial charge >= 0.3 is 6.03 Å². The number of hydrogen-bond donors (Lipinski definition) is 1. The third-order valence-corrected chi connectivity index (χ3v) is 5.77. The van der Waals surface area contributed by atoms with Gasteiger partial charge in [0, 0.05) is 43.6 Å². The molecule has 3 aromatic rings. The Bertz CT molecular complexity index is 1090. The molecule has 5 rings (SSSR count). The molecule has 0 aliphatic carbocycles. The number of carbonyl (C=O) groups excluding carboxylic acids is 1. The van der Waals surface area contributed by atoms with Crippen LogP contribution in [0.15, 0.2) is 48.8 Å². The van der Waals surface area contributed by atoms with Gasteiger partial charge in [-0.05, 0) is 50.2 Å². The predicted octanol–water partition coefficient (Wildman–Crippen LogP) is 2.55. The molecule has 31 heavy (non-hydrogen) atoms. The standard InChI is InChI=1S/C22H25N7O2/c1-15(2)29-14-23-25-21(29)19-4-3-5-20(24-19)28-11-10-27(22(28)31)17-8-6-16(7-9-17)26-12-18(30)13-26/h3-9,14-15,18,30H,10-13H2,1-2H3. The summed E-state index contributed by atoms with van der Waals surface area (Å²) in [6.07, 6.45) is 1.45. The van der Waals surface area contributed by atoms with Crippen LogP contribution in [0, 0.1) is 0 Å². The smallest absolute Gasteiger partial charge is 0.330 e. The number of hydrogen-bond acceptors (Lipinski definition) is 6. The number of aliphatic hydroxyl groups excluding tert-OH is 1. The molecule has 0 spiro atoms. The summed E-state index contributed by atoms with van der Waals surface area (Å²) in [6, 6.07) is 13.6. The van der Waals surface area contributed by atoms with E-state index < -0.39 is 0 Å². The molecule has 2 aromatic heterocycles. The lowest BCUT2D eigenvalue weighted by molar-refractivity contribution is 0.142. The van der Waals surface area contributed by atoms with Crippen molar-refractivity contribution in [3.63, 3.8) is 0 Å². The van der Waals surface area contributed by atoms with E-state index in [2.05, 4.69) is 28.9 Å². The molecule has 1 aromatic carbocycles. The lowest BCUT2D eigenvalue weighted by Gasteiger charge is -2.38. The molecule has 2 fully saturated rings. The van der Waals surface area contributed by atoms with E-state index in [-0.39, 0.29) is 18.2 Å². The fourth-order valence-corrected chi connectivity index (χ4v) is 4.00. The number of β-amino-alcohol motifs (C(OH)–C–C–N with tert-alkyl or cyclic N) is 1. The Kier molecular flexibility index (Phi) is 4.82. The van der Waals surface area contributed by atoms with Gasteiger partial charge in [-0.3, -0.25) is 9.80 Å². The second-order valence-electron chi connectivity index (χ2n) is 8.20. The summed E-state index contributed by atoms with van der Waals surface area (Å²) in [5.41, 5.74) is 2.60. The van der Waals surface area contributed by atoms with Crippen molar-refractivity contribution in [1.82, 2.24) is 19.7 Å². The average Bonchev–Trinajstić information content (AvgIpc) is 3.39. The van der Waals surface area contributed by atoms with Crippen molar-refractivity contribution in [3.05, 3.63) is 48.8 Å². The zero-order valence-corrected chi connectivity index (χ0v) is 17.6. The summed E-state index contributed by atoms with van der Waals surface area (Å²) in [4.78, 5) is 23.4.